The predicted octanol–water partition coefficient (Wildman–Crippen LogP) is 1.84. The van der Waals surface area contributed by atoms with Gasteiger partial charge in [0.1, 0.15) is 6.04 Å². The van der Waals surface area contributed by atoms with Gasteiger partial charge in [-0.1, -0.05) is 12.8 Å². The van der Waals surface area contributed by atoms with Crippen molar-refractivity contribution in [1.29, 1.82) is 0 Å². The number of nitrogens with one attached hydrogen (secondary N) is 2. The van der Waals surface area contributed by atoms with E-state index in [1.54, 1.807) is 4.90 Å². The fourth-order valence-electron chi connectivity index (χ4n) is 5.89. The quantitative estimate of drug-likeness (QED) is 0.832. The first-order chi connectivity index (χ1) is 13.7. The van der Waals surface area contributed by atoms with Crippen LogP contribution in [0.2, 0.25) is 0 Å². The van der Waals surface area contributed by atoms with Gasteiger partial charge < -0.3 is 15.1 Å². The molecule has 2 N–H and O–H groups in total. The molecular formula is C21H31N5O2. The number of carbonyl (C=O) groups excluding carboxylic acids is 2. The molecule has 1 unspecified atom stereocenters. The molecule has 152 valence electrons. The molecule has 1 aliphatic carbocycles. The number of nitrogens with zero attached hydrogens (tertiary/aromatic N) is 3. The number of fused-ring (bicyclic) bond motifs is 1. The molecule has 2 atom stereocenters. The summed E-state index contributed by atoms with van der Waals surface area (Å²) in [6.07, 6.45) is 9.90. The van der Waals surface area contributed by atoms with Crippen LogP contribution in [0.15, 0.2) is 0 Å². The molecule has 28 heavy (non-hydrogen) atoms. The van der Waals surface area contributed by atoms with Gasteiger partial charge in [0.2, 0.25) is 5.91 Å². The minimum Gasteiger partial charge on any atom is -0.338 e. The van der Waals surface area contributed by atoms with E-state index in [0.29, 0.717) is 30.7 Å². The first-order valence-corrected chi connectivity index (χ1v) is 11.1. The highest BCUT2D eigenvalue weighted by molar-refractivity contribution is 5.98. The largest absolute Gasteiger partial charge is 0.338 e. The van der Waals surface area contributed by atoms with E-state index >= 15 is 0 Å². The molecule has 5 rings (SSSR count). The molecule has 0 bridgehead atoms. The second kappa shape index (κ2) is 7.50. The van der Waals surface area contributed by atoms with E-state index in [4.69, 9.17) is 0 Å². The molecule has 1 aromatic rings. The second-order valence-electron chi connectivity index (χ2n) is 8.90. The van der Waals surface area contributed by atoms with E-state index in [1.165, 1.54) is 25.7 Å². The first-order valence-electron chi connectivity index (χ1n) is 11.1. The Morgan fingerprint density at radius 3 is 2.61 bits per heavy atom. The van der Waals surface area contributed by atoms with Crippen LogP contribution in [-0.4, -0.2) is 63.5 Å². The zero-order chi connectivity index (χ0) is 19.1. The molecule has 4 aliphatic rings. The lowest BCUT2D eigenvalue weighted by molar-refractivity contribution is -0.137. The number of hydrogen-bond donors (Lipinski definition) is 2. The topological polar surface area (TPSA) is 81.3 Å². The normalized spacial score (nSPS) is 28.1. The van der Waals surface area contributed by atoms with Gasteiger partial charge in [-0.3, -0.25) is 14.7 Å². The van der Waals surface area contributed by atoms with Crippen molar-refractivity contribution >= 4 is 11.8 Å². The van der Waals surface area contributed by atoms with Crippen LogP contribution < -0.4 is 5.32 Å². The van der Waals surface area contributed by atoms with Gasteiger partial charge in [-0.15, -0.1) is 0 Å². The van der Waals surface area contributed by atoms with Crippen molar-refractivity contribution < 1.29 is 9.59 Å². The zero-order valence-corrected chi connectivity index (χ0v) is 16.6. The van der Waals surface area contributed by atoms with E-state index in [1.807, 2.05) is 0 Å². The van der Waals surface area contributed by atoms with Crippen molar-refractivity contribution in [3.63, 3.8) is 0 Å². The summed E-state index contributed by atoms with van der Waals surface area (Å²) in [6.45, 7) is 3.10. The molecule has 7 nitrogen and oxygen atoms in total. The monoisotopic (exact) mass is 385 g/mol. The minimum atomic E-state index is -0.307. The molecule has 1 aromatic heterocycles. The van der Waals surface area contributed by atoms with Crippen molar-refractivity contribution in [1.82, 2.24) is 25.3 Å². The zero-order valence-electron chi connectivity index (χ0n) is 16.6. The van der Waals surface area contributed by atoms with Crippen molar-refractivity contribution in [2.24, 2.45) is 5.92 Å². The number of hydrogen-bond acceptors (Lipinski definition) is 4. The van der Waals surface area contributed by atoms with Gasteiger partial charge in [-0.2, -0.15) is 5.10 Å². The molecule has 0 radical (unpaired) electrons. The summed E-state index contributed by atoms with van der Waals surface area (Å²) >= 11 is 0. The summed E-state index contributed by atoms with van der Waals surface area (Å²) in [5, 5.41) is 10.7. The van der Waals surface area contributed by atoms with Crippen molar-refractivity contribution in [2.75, 3.05) is 19.6 Å². The summed E-state index contributed by atoms with van der Waals surface area (Å²) in [5.74, 6) is 0.776. The number of aromatic amines is 1. The van der Waals surface area contributed by atoms with Crippen LogP contribution in [0.5, 0.6) is 0 Å². The number of aromatic nitrogens is 2. The molecule has 4 heterocycles. The molecule has 0 aromatic carbocycles. The summed E-state index contributed by atoms with van der Waals surface area (Å²) in [4.78, 5) is 30.7. The van der Waals surface area contributed by atoms with Crippen LogP contribution in [0.4, 0.5) is 0 Å². The highest BCUT2D eigenvalue weighted by atomic mass is 16.2. The fraction of sp³-hybridized carbons (Fsp3) is 0.762. The van der Waals surface area contributed by atoms with Crippen LogP contribution in [0, 0.1) is 5.92 Å². The third-order valence-electron chi connectivity index (χ3n) is 7.33. The third-order valence-corrected chi connectivity index (χ3v) is 7.33. The maximum atomic E-state index is 13.5. The molecular weight excluding hydrogens is 354 g/mol. The molecule has 1 saturated carbocycles. The lowest BCUT2D eigenvalue weighted by atomic mass is 9.95. The lowest BCUT2D eigenvalue weighted by Gasteiger charge is -2.34. The first kappa shape index (κ1) is 18.2. The SMILES string of the molecule is O=C([C@@H]1CCCN1C(=O)c1n[nH]c2c1CNCC2)N1CCCC1C1CCCC1. The van der Waals surface area contributed by atoms with Gasteiger partial charge in [0.15, 0.2) is 5.69 Å². The number of likely N-dealkylation sites (tertiary alicyclic amines) is 2. The number of amides is 2. The van der Waals surface area contributed by atoms with E-state index in [-0.39, 0.29) is 17.9 Å². The maximum absolute atomic E-state index is 13.5. The van der Waals surface area contributed by atoms with Gasteiger partial charge in [0.25, 0.3) is 5.91 Å². The Labute approximate surface area is 166 Å². The van der Waals surface area contributed by atoms with Gasteiger partial charge in [0.05, 0.1) is 0 Å². The fourth-order valence-corrected chi connectivity index (χ4v) is 5.89. The molecule has 3 fully saturated rings. The second-order valence-corrected chi connectivity index (χ2v) is 8.90. The van der Waals surface area contributed by atoms with Crippen molar-refractivity contribution in [3.05, 3.63) is 17.0 Å². The highest BCUT2D eigenvalue weighted by Gasteiger charge is 2.43. The van der Waals surface area contributed by atoms with Crippen LogP contribution in [0.1, 0.15) is 73.1 Å². The van der Waals surface area contributed by atoms with E-state index in [9.17, 15) is 9.59 Å². The standard InChI is InChI=1S/C21H31N5O2/c27-20(25-11-3-7-17(25)14-5-1-2-6-14)18-8-4-12-26(18)21(28)19-15-13-22-10-9-16(15)23-24-19/h14,17-18,22H,1-13H2,(H,23,24)/t17?,18-/m0/s1. The average Bonchev–Trinajstić information content (AvgIpc) is 3.52. The van der Waals surface area contributed by atoms with Gasteiger partial charge in [-0.25, -0.2) is 0 Å². The molecule has 3 aliphatic heterocycles. The smallest absolute Gasteiger partial charge is 0.275 e. The molecule has 0 spiro atoms. The summed E-state index contributed by atoms with van der Waals surface area (Å²) in [5.41, 5.74) is 2.56. The summed E-state index contributed by atoms with van der Waals surface area (Å²) < 4.78 is 0. The van der Waals surface area contributed by atoms with Crippen molar-refractivity contribution in [3.8, 4) is 0 Å². The van der Waals surface area contributed by atoms with Gasteiger partial charge >= 0.3 is 0 Å². The van der Waals surface area contributed by atoms with E-state index < -0.39 is 0 Å². The number of H-pyrrole nitrogens is 1. The average molecular weight is 386 g/mol. The van der Waals surface area contributed by atoms with E-state index in [2.05, 4.69) is 20.4 Å². The van der Waals surface area contributed by atoms with Gasteiger partial charge in [-0.05, 0) is 44.4 Å². The highest BCUT2D eigenvalue weighted by Crippen LogP contribution is 2.36. The van der Waals surface area contributed by atoms with Crippen LogP contribution >= 0.6 is 0 Å². The Kier molecular flexibility index (Phi) is 4.87. The van der Waals surface area contributed by atoms with Crippen LogP contribution in [0.25, 0.3) is 0 Å². The summed E-state index contributed by atoms with van der Waals surface area (Å²) in [6, 6.07) is 0.0910. The maximum Gasteiger partial charge on any atom is 0.275 e. The number of carbonyl (C=O) groups is 2. The van der Waals surface area contributed by atoms with Gasteiger partial charge in [0, 0.05) is 49.9 Å². The molecule has 7 heteroatoms. The Bertz CT molecular complexity index is 754. The Morgan fingerprint density at radius 2 is 1.75 bits per heavy atom. The molecule has 2 amide bonds. The van der Waals surface area contributed by atoms with Crippen LogP contribution in [0.3, 0.4) is 0 Å². The predicted molar refractivity (Wildman–Crippen MR) is 105 cm³/mol. The molecule has 2 saturated heterocycles. The lowest BCUT2D eigenvalue weighted by Crippen LogP contribution is -2.50. The van der Waals surface area contributed by atoms with E-state index in [0.717, 1.165) is 56.5 Å². The Hall–Kier alpha value is -1.89. The Balaban J connectivity index is 1.34. The third kappa shape index (κ3) is 3.04. The summed E-state index contributed by atoms with van der Waals surface area (Å²) in [7, 11) is 0. The number of rotatable bonds is 3. The van der Waals surface area contributed by atoms with Crippen LogP contribution in [-0.2, 0) is 17.8 Å². The minimum absolute atomic E-state index is 0.0753. The van der Waals surface area contributed by atoms with Crippen molar-refractivity contribution in [2.45, 2.75) is 76.4 Å². The Morgan fingerprint density at radius 1 is 0.964 bits per heavy atom.